The Balaban J connectivity index is 2.57. The Morgan fingerprint density at radius 1 is 1.67 bits per heavy atom. The lowest BCUT2D eigenvalue weighted by atomic mass is 9.97. The van der Waals surface area contributed by atoms with E-state index in [0.29, 0.717) is 4.83 Å². The van der Waals surface area contributed by atoms with Crippen LogP contribution in [-0.2, 0) is 9.53 Å². The number of carbonyl (C=O) groups excluding carboxylic acids is 1. The van der Waals surface area contributed by atoms with Gasteiger partial charge in [0.05, 0.1) is 13.0 Å². The van der Waals surface area contributed by atoms with Crippen LogP contribution in [0.25, 0.3) is 0 Å². The Kier molecular flexibility index (Phi) is 3.53. The van der Waals surface area contributed by atoms with Crippen molar-refractivity contribution in [2.24, 2.45) is 11.8 Å². The molecule has 1 N–H and O–H groups in total. The Labute approximate surface area is 80.2 Å². The van der Waals surface area contributed by atoms with Gasteiger partial charge in [0.15, 0.2) is 0 Å². The molecule has 1 aliphatic rings. The van der Waals surface area contributed by atoms with E-state index in [9.17, 15) is 4.79 Å². The molecule has 0 aromatic heterocycles. The van der Waals surface area contributed by atoms with Gasteiger partial charge in [-0.05, 0) is 18.8 Å². The second-order valence-corrected chi connectivity index (χ2v) is 4.44. The van der Waals surface area contributed by atoms with Crippen LogP contribution in [0.5, 0.6) is 0 Å². The van der Waals surface area contributed by atoms with E-state index in [2.05, 4.69) is 20.7 Å². The molecule has 1 saturated carbocycles. The number of methoxy groups -OCH3 is 1. The van der Waals surface area contributed by atoms with Crippen molar-refractivity contribution in [3.8, 4) is 0 Å². The maximum atomic E-state index is 11.2. The zero-order chi connectivity index (χ0) is 9.14. The van der Waals surface area contributed by atoms with Crippen LogP contribution in [0.1, 0.15) is 12.8 Å². The van der Waals surface area contributed by atoms with Crippen LogP contribution in [0.3, 0.4) is 0 Å². The molecule has 3 atom stereocenters. The van der Waals surface area contributed by atoms with Crippen molar-refractivity contribution in [1.29, 1.82) is 0 Å². The number of aliphatic hydroxyl groups excluding tert-OH is 1. The van der Waals surface area contributed by atoms with Crippen LogP contribution in [-0.4, -0.2) is 29.6 Å². The molecule has 0 saturated heterocycles. The van der Waals surface area contributed by atoms with E-state index in [1.807, 2.05) is 0 Å². The number of ether oxygens (including phenoxy) is 1. The lowest BCUT2D eigenvalue weighted by molar-refractivity contribution is -0.147. The maximum Gasteiger partial charge on any atom is 0.309 e. The molecule has 0 radical (unpaired) electrons. The van der Waals surface area contributed by atoms with Crippen molar-refractivity contribution in [3.05, 3.63) is 0 Å². The highest BCUT2D eigenvalue weighted by molar-refractivity contribution is 9.09. The molecule has 0 spiro atoms. The van der Waals surface area contributed by atoms with Gasteiger partial charge in [0, 0.05) is 11.4 Å². The molecule has 0 bridgehead atoms. The second-order valence-electron chi connectivity index (χ2n) is 3.14. The topological polar surface area (TPSA) is 46.5 Å². The Morgan fingerprint density at radius 2 is 2.33 bits per heavy atom. The van der Waals surface area contributed by atoms with Gasteiger partial charge in [-0.2, -0.15) is 0 Å². The molecule has 0 heterocycles. The smallest absolute Gasteiger partial charge is 0.309 e. The zero-order valence-corrected chi connectivity index (χ0v) is 8.58. The number of carbonyl (C=O) groups is 1. The molecule has 1 rings (SSSR count). The van der Waals surface area contributed by atoms with Crippen LogP contribution in [0.4, 0.5) is 0 Å². The maximum absolute atomic E-state index is 11.2. The number of rotatable bonds is 2. The van der Waals surface area contributed by atoms with Crippen molar-refractivity contribution in [3.63, 3.8) is 0 Å². The fraction of sp³-hybridized carbons (Fsp3) is 0.875. The fourth-order valence-electron chi connectivity index (χ4n) is 1.70. The van der Waals surface area contributed by atoms with Crippen molar-refractivity contribution in [2.45, 2.75) is 17.7 Å². The Bertz CT molecular complexity index is 172. The molecular formula is C8H13BrO3. The third kappa shape index (κ3) is 1.98. The highest BCUT2D eigenvalue weighted by atomic mass is 79.9. The van der Waals surface area contributed by atoms with Gasteiger partial charge in [-0.3, -0.25) is 4.79 Å². The van der Waals surface area contributed by atoms with Crippen LogP contribution in [0, 0.1) is 11.8 Å². The van der Waals surface area contributed by atoms with Crippen LogP contribution >= 0.6 is 15.9 Å². The molecule has 3 nitrogen and oxygen atoms in total. The van der Waals surface area contributed by atoms with Gasteiger partial charge in [-0.25, -0.2) is 0 Å². The number of esters is 1. The predicted octanol–water partition coefficient (Wildman–Crippen LogP) is 0.941. The number of aliphatic hydroxyl groups is 1. The average Bonchev–Trinajstić information content (AvgIpc) is 2.45. The fourth-order valence-corrected chi connectivity index (χ4v) is 2.58. The molecule has 0 aliphatic heterocycles. The van der Waals surface area contributed by atoms with E-state index >= 15 is 0 Å². The molecule has 0 amide bonds. The summed E-state index contributed by atoms with van der Waals surface area (Å²) in [6.45, 7) is 0.0713. The van der Waals surface area contributed by atoms with E-state index < -0.39 is 0 Å². The first-order valence-corrected chi connectivity index (χ1v) is 4.93. The molecular weight excluding hydrogens is 224 g/mol. The molecule has 0 aromatic carbocycles. The number of hydrogen-bond acceptors (Lipinski definition) is 3. The van der Waals surface area contributed by atoms with Gasteiger partial charge < -0.3 is 9.84 Å². The predicted molar refractivity (Wildman–Crippen MR) is 48.0 cm³/mol. The molecule has 1 aliphatic carbocycles. The van der Waals surface area contributed by atoms with Gasteiger partial charge in [-0.15, -0.1) is 0 Å². The highest BCUT2D eigenvalue weighted by Crippen LogP contribution is 2.36. The molecule has 0 aromatic rings. The van der Waals surface area contributed by atoms with Crippen LogP contribution in [0.15, 0.2) is 0 Å². The van der Waals surface area contributed by atoms with Crippen molar-refractivity contribution >= 4 is 21.9 Å². The molecule has 4 heteroatoms. The normalized spacial score (nSPS) is 35.1. The standard InChI is InChI=1S/C8H13BrO3/c1-12-8(11)7-3-6(9)2-5(7)4-10/h5-7,10H,2-4H2,1H3/t5-,6+,7+/m1/s1. The van der Waals surface area contributed by atoms with Gasteiger partial charge in [0.2, 0.25) is 0 Å². The summed E-state index contributed by atoms with van der Waals surface area (Å²) < 4.78 is 4.64. The van der Waals surface area contributed by atoms with Gasteiger partial charge in [-0.1, -0.05) is 15.9 Å². The van der Waals surface area contributed by atoms with Gasteiger partial charge >= 0.3 is 5.97 Å². The third-order valence-corrected chi connectivity index (χ3v) is 3.12. The minimum absolute atomic E-state index is 0.0711. The molecule has 0 unspecified atom stereocenters. The summed E-state index contributed by atoms with van der Waals surface area (Å²) in [5.74, 6) is -0.248. The highest BCUT2D eigenvalue weighted by Gasteiger charge is 2.37. The average molecular weight is 237 g/mol. The van der Waals surface area contributed by atoms with Crippen molar-refractivity contribution < 1.29 is 14.6 Å². The lowest BCUT2D eigenvalue weighted by Gasteiger charge is -2.13. The minimum atomic E-state index is -0.198. The van der Waals surface area contributed by atoms with E-state index in [1.54, 1.807) is 0 Å². The quantitative estimate of drug-likeness (QED) is 0.574. The van der Waals surface area contributed by atoms with Crippen molar-refractivity contribution in [2.75, 3.05) is 13.7 Å². The Hall–Kier alpha value is -0.0900. The van der Waals surface area contributed by atoms with E-state index in [4.69, 9.17) is 5.11 Å². The first kappa shape index (κ1) is 9.99. The summed E-state index contributed by atoms with van der Waals surface area (Å²) in [7, 11) is 1.39. The largest absolute Gasteiger partial charge is 0.469 e. The number of hydrogen-bond donors (Lipinski definition) is 1. The monoisotopic (exact) mass is 236 g/mol. The summed E-state index contributed by atoms with van der Waals surface area (Å²) >= 11 is 3.44. The minimum Gasteiger partial charge on any atom is -0.469 e. The zero-order valence-electron chi connectivity index (χ0n) is 7.00. The summed E-state index contributed by atoms with van der Waals surface area (Å²) in [5.41, 5.74) is 0. The lowest BCUT2D eigenvalue weighted by Crippen LogP contribution is -2.22. The summed E-state index contributed by atoms with van der Waals surface area (Å²) in [5, 5.41) is 8.97. The first-order valence-electron chi connectivity index (χ1n) is 4.01. The Morgan fingerprint density at radius 3 is 2.83 bits per heavy atom. The van der Waals surface area contributed by atoms with E-state index in [-0.39, 0.29) is 24.4 Å². The third-order valence-electron chi connectivity index (χ3n) is 2.38. The molecule has 12 heavy (non-hydrogen) atoms. The molecule has 70 valence electrons. The number of alkyl halides is 1. The van der Waals surface area contributed by atoms with Crippen LogP contribution < -0.4 is 0 Å². The van der Waals surface area contributed by atoms with Gasteiger partial charge in [0.1, 0.15) is 0 Å². The summed E-state index contributed by atoms with van der Waals surface area (Å²) in [6.07, 6.45) is 1.63. The van der Waals surface area contributed by atoms with Crippen LogP contribution in [0.2, 0.25) is 0 Å². The summed E-state index contributed by atoms with van der Waals surface area (Å²) in [6, 6.07) is 0. The summed E-state index contributed by atoms with van der Waals surface area (Å²) in [4.78, 5) is 11.5. The second kappa shape index (κ2) is 4.23. The SMILES string of the molecule is COC(=O)[C@H]1C[C@@H](Br)C[C@@H]1CO. The van der Waals surface area contributed by atoms with E-state index in [0.717, 1.165) is 12.8 Å². The van der Waals surface area contributed by atoms with E-state index in [1.165, 1.54) is 7.11 Å². The first-order chi connectivity index (χ1) is 5.69. The van der Waals surface area contributed by atoms with Gasteiger partial charge in [0.25, 0.3) is 0 Å². The number of halogens is 1. The molecule has 1 fully saturated rings. The van der Waals surface area contributed by atoms with Crippen molar-refractivity contribution in [1.82, 2.24) is 0 Å².